The van der Waals surface area contributed by atoms with Crippen LogP contribution in [0.3, 0.4) is 0 Å². The Kier molecular flexibility index (Phi) is 13.1. The number of unbranched alkanes of at least 4 members (excludes halogenated alkanes) is 5. The molecule has 1 unspecified atom stereocenters. The number of aliphatic carboxylic acids is 1. The lowest BCUT2D eigenvalue weighted by Crippen LogP contribution is -2.04. The van der Waals surface area contributed by atoms with Crippen LogP contribution in [-0.2, 0) is 4.79 Å². The van der Waals surface area contributed by atoms with Gasteiger partial charge in [-0.1, -0.05) is 58.8 Å². The molecule has 0 saturated carbocycles. The van der Waals surface area contributed by atoms with Gasteiger partial charge in [0.2, 0.25) is 0 Å². The quantitative estimate of drug-likeness (QED) is 0.482. The molecule has 0 aromatic heterocycles. The molecule has 0 rings (SSSR count). The van der Waals surface area contributed by atoms with Crippen molar-refractivity contribution in [1.82, 2.24) is 0 Å². The zero-order chi connectivity index (χ0) is 13.6. The van der Waals surface area contributed by atoms with Crippen molar-refractivity contribution in [2.24, 2.45) is 5.92 Å². The number of carboxylic acids is 1. The van der Waals surface area contributed by atoms with E-state index in [1.807, 2.05) is 0 Å². The average molecular weight is 274 g/mol. The van der Waals surface area contributed by atoms with Crippen molar-refractivity contribution in [3.63, 3.8) is 0 Å². The van der Waals surface area contributed by atoms with Gasteiger partial charge >= 0.3 is 5.97 Å². The van der Waals surface area contributed by atoms with Crippen LogP contribution in [0, 0.1) is 5.92 Å². The third kappa shape index (κ3) is 12.3. The number of rotatable bonds is 13. The van der Waals surface area contributed by atoms with Crippen LogP contribution in [0.4, 0.5) is 0 Å². The molecule has 0 aliphatic carbocycles. The van der Waals surface area contributed by atoms with Gasteiger partial charge in [-0.05, 0) is 18.1 Å². The molecule has 3 heteroatoms. The molecule has 1 atom stereocenters. The number of hydrogen-bond acceptors (Lipinski definition) is 2. The van der Waals surface area contributed by atoms with Crippen LogP contribution < -0.4 is 0 Å². The van der Waals surface area contributed by atoms with Gasteiger partial charge in [0.05, 0.1) is 6.42 Å². The average Bonchev–Trinajstić information content (AvgIpc) is 2.35. The van der Waals surface area contributed by atoms with Gasteiger partial charge in [0.25, 0.3) is 0 Å². The summed E-state index contributed by atoms with van der Waals surface area (Å²) in [5.74, 6) is 2.02. The molecule has 0 heterocycles. The summed E-state index contributed by atoms with van der Waals surface area (Å²) in [6, 6.07) is 0. The fraction of sp³-hybridized carbons (Fsp3) is 0.933. The zero-order valence-electron chi connectivity index (χ0n) is 12.1. The summed E-state index contributed by atoms with van der Waals surface area (Å²) in [5.41, 5.74) is 0. The van der Waals surface area contributed by atoms with Crippen LogP contribution >= 0.6 is 11.8 Å². The Bertz CT molecular complexity index is 195. The molecule has 0 amide bonds. The van der Waals surface area contributed by atoms with E-state index in [9.17, 15) is 4.79 Å². The maximum absolute atomic E-state index is 10.4. The lowest BCUT2D eigenvalue weighted by Gasteiger charge is -2.13. The van der Waals surface area contributed by atoms with Crippen LogP contribution in [0.5, 0.6) is 0 Å². The minimum Gasteiger partial charge on any atom is -0.481 e. The van der Waals surface area contributed by atoms with E-state index in [2.05, 4.69) is 13.8 Å². The summed E-state index contributed by atoms with van der Waals surface area (Å²) in [5, 5.41) is 8.57. The number of thioether (sulfide) groups is 1. The van der Waals surface area contributed by atoms with E-state index in [1.54, 1.807) is 11.8 Å². The summed E-state index contributed by atoms with van der Waals surface area (Å²) in [7, 11) is 0. The monoisotopic (exact) mass is 274 g/mol. The van der Waals surface area contributed by atoms with Gasteiger partial charge in [-0.25, -0.2) is 0 Å². The summed E-state index contributed by atoms with van der Waals surface area (Å²) in [6.07, 6.45) is 11.0. The predicted octanol–water partition coefficient (Wildman–Crippen LogP) is 4.97. The Morgan fingerprint density at radius 1 is 1.11 bits per heavy atom. The maximum Gasteiger partial charge on any atom is 0.304 e. The summed E-state index contributed by atoms with van der Waals surface area (Å²) in [4.78, 5) is 10.4. The van der Waals surface area contributed by atoms with Gasteiger partial charge in [-0.3, -0.25) is 4.79 Å². The van der Waals surface area contributed by atoms with Gasteiger partial charge in [0.1, 0.15) is 0 Å². The molecule has 0 aliphatic heterocycles. The Morgan fingerprint density at radius 2 is 1.78 bits per heavy atom. The Morgan fingerprint density at radius 3 is 2.39 bits per heavy atom. The zero-order valence-corrected chi connectivity index (χ0v) is 12.9. The Hall–Kier alpha value is -0.180. The second-order valence-electron chi connectivity index (χ2n) is 5.05. The van der Waals surface area contributed by atoms with Crippen LogP contribution in [0.1, 0.15) is 71.6 Å². The van der Waals surface area contributed by atoms with Crippen molar-refractivity contribution in [2.75, 3.05) is 11.5 Å². The fourth-order valence-electron chi connectivity index (χ4n) is 2.03. The van der Waals surface area contributed by atoms with E-state index in [0.717, 1.165) is 17.4 Å². The molecule has 18 heavy (non-hydrogen) atoms. The van der Waals surface area contributed by atoms with E-state index in [1.165, 1.54) is 51.4 Å². The third-order valence-corrected chi connectivity index (χ3v) is 4.56. The molecule has 0 spiro atoms. The van der Waals surface area contributed by atoms with E-state index in [0.29, 0.717) is 6.42 Å². The minimum absolute atomic E-state index is 0.304. The van der Waals surface area contributed by atoms with Crippen molar-refractivity contribution in [1.29, 1.82) is 0 Å². The van der Waals surface area contributed by atoms with Crippen molar-refractivity contribution in [3.05, 3.63) is 0 Å². The normalized spacial score (nSPS) is 12.6. The van der Waals surface area contributed by atoms with Gasteiger partial charge in [0.15, 0.2) is 0 Å². The molecule has 0 aromatic rings. The molecular weight excluding hydrogens is 244 g/mol. The molecule has 0 fully saturated rings. The van der Waals surface area contributed by atoms with Crippen molar-refractivity contribution in [2.45, 2.75) is 71.6 Å². The minimum atomic E-state index is -0.675. The molecule has 2 nitrogen and oxygen atoms in total. The number of carboxylic acid groups (broad SMARTS) is 1. The Labute approximate surface area is 117 Å². The first-order valence-electron chi connectivity index (χ1n) is 7.50. The second kappa shape index (κ2) is 13.3. The maximum atomic E-state index is 10.4. The third-order valence-electron chi connectivity index (χ3n) is 3.36. The standard InChI is InChI=1S/C15H30O2S/c1-3-5-6-7-8-9-10-14(4-2)13-18-12-11-15(16)17/h14H,3-13H2,1-2H3,(H,16,17). The molecule has 0 aliphatic rings. The van der Waals surface area contributed by atoms with Crippen LogP contribution in [-0.4, -0.2) is 22.6 Å². The summed E-state index contributed by atoms with van der Waals surface area (Å²) in [6.45, 7) is 4.50. The van der Waals surface area contributed by atoms with Crippen molar-refractivity contribution >= 4 is 17.7 Å². The van der Waals surface area contributed by atoms with Gasteiger partial charge in [-0.2, -0.15) is 11.8 Å². The molecule has 0 saturated heterocycles. The largest absolute Gasteiger partial charge is 0.481 e. The van der Waals surface area contributed by atoms with Gasteiger partial charge in [-0.15, -0.1) is 0 Å². The van der Waals surface area contributed by atoms with Crippen LogP contribution in [0.15, 0.2) is 0 Å². The van der Waals surface area contributed by atoms with E-state index in [4.69, 9.17) is 5.11 Å². The topological polar surface area (TPSA) is 37.3 Å². The molecule has 0 bridgehead atoms. The Balaban J connectivity index is 3.37. The molecule has 0 aromatic carbocycles. The van der Waals surface area contributed by atoms with Gasteiger partial charge < -0.3 is 5.11 Å². The smallest absolute Gasteiger partial charge is 0.304 e. The predicted molar refractivity (Wildman–Crippen MR) is 81.4 cm³/mol. The summed E-state index contributed by atoms with van der Waals surface area (Å²) >= 11 is 1.81. The van der Waals surface area contributed by atoms with E-state index >= 15 is 0 Å². The first-order chi connectivity index (χ1) is 8.70. The lowest BCUT2D eigenvalue weighted by atomic mass is 10.00. The molecule has 108 valence electrons. The van der Waals surface area contributed by atoms with Crippen molar-refractivity contribution in [3.8, 4) is 0 Å². The van der Waals surface area contributed by atoms with Crippen molar-refractivity contribution < 1.29 is 9.90 Å². The summed E-state index contributed by atoms with van der Waals surface area (Å²) < 4.78 is 0. The molecular formula is C15H30O2S. The molecule has 0 radical (unpaired) electrons. The SMILES string of the molecule is CCCCCCCCC(CC)CSCCC(=O)O. The highest BCUT2D eigenvalue weighted by Crippen LogP contribution is 2.20. The van der Waals surface area contributed by atoms with E-state index < -0.39 is 5.97 Å². The lowest BCUT2D eigenvalue weighted by molar-refractivity contribution is -0.136. The number of hydrogen-bond donors (Lipinski definition) is 1. The first-order valence-corrected chi connectivity index (χ1v) is 8.65. The molecule has 1 N–H and O–H groups in total. The second-order valence-corrected chi connectivity index (χ2v) is 6.20. The van der Waals surface area contributed by atoms with Crippen LogP contribution in [0.25, 0.3) is 0 Å². The first kappa shape index (κ1) is 17.8. The highest BCUT2D eigenvalue weighted by molar-refractivity contribution is 7.99. The van der Waals surface area contributed by atoms with Crippen LogP contribution in [0.2, 0.25) is 0 Å². The highest BCUT2D eigenvalue weighted by atomic mass is 32.2. The number of carbonyl (C=O) groups is 1. The fourth-order valence-corrected chi connectivity index (χ4v) is 3.25. The highest BCUT2D eigenvalue weighted by Gasteiger charge is 2.06. The van der Waals surface area contributed by atoms with E-state index in [-0.39, 0.29) is 0 Å². The van der Waals surface area contributed by atoms with Gasteiger partial charge in [0, 0.05) is 5.75 Å².